The largest absolute Gasteiger partial charge is 0.342 e. The van der Waals surface area contributed by atoms with Crippen LogP contribution >= 0.6 is 0 Å². The van der Waals surface area contributed by atoms with E-state index in [0.29, 0.717) is 25.3 Å². The quantitative estimate of drug-likeness (QED) is 0.737. The summed E-state index contributed by atoms with van der Waals surface area (Å²) in [5.41, 5.74) is 1.87. The third kappa shape index (κ3) is 4.40. The Morgan fingerprint density at radius 2 is 2.11 bits per heavy atom. The van der Waals surface area contributed by atoms with Gasteiger partial charge in [0.1, 0.15) is 12.1 Å². The third-order valence-corrected chi connectivity index (χ3v) is 5.14. The molecule has 2 aliphatic heterocycles. The van der Waals surface area contributed by atoms with Gasteiger partial charge in [0, 0.05) is 12.2 Å². The van der Waals surface area contributed by atoms with Gasteiger partial charge in [0.25, 0.3) is 0 Å². The number of piperazine rings is 1. The predicted octanol–water partition coefficient (Wildman–Crippen LogP) is 1.88. The first kappa shape index (κ1) is 19.2. The van der Waals surface area contributed by atoms with Crippen molar-refractivity contribution in [2.75, 3.05) is 11.9 Å². The molecule has 1 aromatic rings. The zero-order valence-corrected chi connectivity index (χ0v) is 16.1. The summed E-state index contributed by atoms with van der Waals surface area (Å²) in [6.07, 6.45) is 1.96. The Labute approximate surface area is 159 Å². The number of nitrogens with one attached hydrogen (secondary N) is 3. The molecule has 7 heteroatoms. The minimum atomic E-state index is -0.491. The van der Waals surface area contributed by atoms with Crippen LogP contribution in [0.1, 0.15) is 39.2 Å². The lowest BCUT2D eigenvalue weighted by Crippen LogP contribution is -2.61. The number of carbonyl (C=O) groups is 3. The molecule has 146 valence electrons. The molecular formula is C20H28N4O3. The molecule has 2 heterocycles. The molecule has 4 amide bonds. The summed E-state index contributed by atoms with van der Waals surface area (Å²) in [7, 11) is 0. The zero-order valence-electron chi connectivity index (χ0n) is 16.1. The summed E-state index contributed by atoms with van der Waals surface area (Å²) >= 11 is 0. The standard InChI is InChI=1S/C20H28N4O3/c1-4-13-6-5-7-14(9-13)21-20(27)22-15-10-17-18(25)23-16(8-12(2)3)19(26)24(17)11-15/h5-7,9,12,15-17H,4,8,10-11H2,1-3H3,(H,23,25)(H2,21,22,27)/t15-,16-,17-/m0/s1. The molecule has 0 bridgehead atoms. The lowest BCUT2D eigenvalue weighted by Gasteiger charge is -2.35. The third-order valence-electron chi connectivity index (χ3n) is 5.14. The van der Waals surface area contributed by atoms with E-state index in [1.165, 1.54) is 0 Å². The van der Waals surface area contributed by atoms with Crippen molar-refractivity contribution in [3.8, 4) is 0 Å². The lowest BCUT2D eigenvalue weighted by atomic mass is 9.99. The van der Waals surface area contributed by atoms with Crippen LogP contribution in [0.15, 0.2) is 24.3 Å². The number of anilines is 1. The Balaban J connectivity index is 1.59. The minimum absolute atomic E-state index is 0.0475. The zero-order chi connectivity index (χ0) is 19.6. The van der Waals surface area contributed by atoms with Gasteiger partial charge in [-0.3, -0.25) is 9.59 Å². The number of hydrogen-bond donors (Lipinski definition) is 3. The van der Waals surface area contributed by atoms with Crippen molar-refractivity contribution in [1.29, 1.82) is 0 Å². The Bertz CT molecular complexity index is 734. The van der Waals surface area contributed by atoms with Crippen LogP contribution in [0.5, 0.6) is 0 Å². The first-order valence-electron chi connectivity index (χ1n) is 9.64. The van der Waals surface area contributed by atoms with Crippen LogP contribution in [-0.4, -0.2) is 47.4 Å². The summed E-state index contributed by atoms with van der Waals surface area (Å²) in [5, 5.41) is 8.56. The number of rotatable bonds is 5. The average molecular weight is 372 g/mol. The molecule has 7 nitrogen and oxygen atoms in total. The summed E-state index contributed by atoms with van der Waals surface area (Å²) in [6, 6.07) is 6.18. The van der Waals surface area contributed by atoms with Gasteiger partial charge in [0.15, 0.2) is 0 Å². The Morgan fingerprint density at radius 1 is 1.33 bits per heavy atom. The first-order valence-corrected chi connectivity index (χ1v) is 9.64. The van der Waals surface area contributed by atoms with Crippen molar-refractivity contribution < 1.29 is 14.4 Å². The van der Waals surface area contributed by atoms with Gasteiger partial charge in [-0.25, -0.2) is 4.79 Å². The molecule has 3 atom stereocenters. The molecule has 0 saturated carbocycles. The predicted molar refractivity (Wildman–Crippen MR) is 103 cm³/mol. The van der Waals surface area contributed by atoms with Crippen LogP contribution in [0, 0.1) is 5.92 Å². The van der Waals surface area contributed by atoms with Crippen LogP contribution < -0.4 is 16.0 Å². The highest BCUT2D eigenvalue weighted by atomic mass is 16.2. The van der Waals surface area contributed by atoms with Gasteiger partial charge in [0.2, 0.25) is 11.8 Å². The number of amides is 4. The highest BCUT2D eigenvalue weighted by Gasteiger charge is 2.46. The van der Waals surface area contributed by atoms with Crippen molar-refractivity contribution in [2.24, 2.45) is 5.92 Å². The van der Waals surface area contributed by atoms with Gasteiger partial charge < -0.3 is 20.9 Å². The molecule has 3 rings (SSSR count). The number of urea groups is 1. The van der Waals surface area contributed by atoms with Gasteiger partial charge >= 0.3 is 6.03 Å². The van der Waals surface area contributed by atoms with E-state index in [1.807, 2.05) is 38.1 Å². The molecule has 27 heavy (non-hydrogen) atoms. The molecular weight excluding hydrogens is 344 g/mol. The highest BCUT2D eigenvalue weighted by molar-refractivity contribution is 5.98. The smallest absolute Gasteiger partial charge is 0.319 e. The van der Waals surface area contributed by atoms with Gasteiger partial charge in [0.05, 0.1) is 6.04 Å². The van der Waals surface area contributed by atoms with Crippen LogP contribution in [0.25, 0.3) is 0 Å². The van der Waals surface area contributed by atoms with Gasteiger partial charge in [-0.05, 0) is 42.9 Å². The van der Waals surface area contributed by atoms with Crippen LogP contribution in [-0.2, 0) is 16.0 Å². The van der Waals surface area contributed by atoms with Crippen molar-refractivity contribution in [2.45, 2.75) is 58.2 Å². The van der Waals surface area contributed by atoms with Gasteiger partial charge in [-0.2, -0.15) is 0 Å². The van der Waals surface area contributed by atoms with E-state index in [1.54, 1.807) is 4.90 Å². The second-order valence-corrected chi connectivity index (χ2v) is 7.78. The number of nitrogens with zero attached hydrogens (tertiary/aromatic N) is 1. The second kappa shape index (κ2) is 7.98. The van der Waals surface area contributed by atoms with E-state index >= 15 is 0 Å². The Hall–Kier alpha value is -2.57. The van der Waals surface area contributed by atoms with Gasteiger partial charge in [-0.15, -0.1) is 0 Å². The van der Waals surface area contributed by atoms with E-state index in [2.05, 4.69) is 22.9 Å². The van der Waals surface area contributed by atoms with E-state index in [9.17, 15) is 14.4 Å². The molecule has 1 aromatic carbocycles. The fourth-order valence-corrected chi connectivity index (χ4v) is 3.82. The van der Waals surface area contributed by atoms with Gasteiger partial charge in [-0.1, -0.05) is 32.9 Å². The summed E-state index contributed by atoms with van der Waals surface area (Å²) in [5.74, 6) is 0.145. The highest BCUT2D eigenvalue weighted by Crippen LogP contribution is 2.25. The number of aryl methyl sites for hydroxylation is 1. The lowest BCUT2D eigenvalue weighted by molar-refractivity contribution is -0.147. The SMILES string of the molecule is CCc1cccc(NC(=O)N[C@H]2C[C@H]3C(=O)N[C@@H](CC(C)C)C(=O)N3C2)c1. The van der Waals surface area contributed by atoms with E-state index < -0.39 is 12.1 Å². The number of carbonyl (C=O) groups excluding carboxylic acids is 3. The van der Waals surface area contributed by atoms with Crippen LogP contribution in [0.2, 0.25) is 0 Å². The Morgan fingerprint density at radius 3 is 2.81 bits per heavy atom. The van der Waals surface area contributed by atoms with Crippen molar-refractivity contribution >= 4 is 23.5 Å². The molecule has 2 aliphatic rings. The first-order chi connectivity index (χ1) is 12.9. The van der Waals surface area contributed by atoms with Crippen LogP contribution in [0.4, 0.5) is 10.5 Å². The van der Waals surface area contributed by atoms with Crippen molar-refractivity contribution in [3.63, 3.8) is 0 Å². The topological polar surface area (TPSA) is 90.5 Å². The molecule has 0 aliphatic carbocycles. The van der Waals surface area contributed by atoms with Crippen molar-refractivity contribution in [3.05, 3.63) is 29.8 Å². The summed E-state index contributed by atoms with van der Waals surface area (Å²) < 4.78 is 0. The van der Waals surface area contributed by atoms with Crippen LogP contribution in [0.3, 0.4) is 0 Å². The molecule has 2 saturated heterocycles. The fraction of sp³-hybridized carbons (Fsp3) is 0.550. The fourth-order valence-electron chi connectivity index (χ4n) is 3.82. The molecule has 0 spiro atoms. The average Bonchev–Trinajstić information content (AvgIpc) is 3.03. The maximum Gasteiger partial charge on any atom is 0.319 e. The molecule has 3 N–H and O–H groups in total. The second-order valence-electron chi connectivity index (χ2n) is 7.78. The summed E-state index contributed by atoms with van der Waals surface area (Å²) in [6.45, 7) is 6.48. The monoisotopic (exact) mass is 372 g/mol. The van der Waals surface area contributed by atoms with E-state index in [0.717, 1.165) is 17.7 Å². The maximum absolute atomic E-state index is 12.7. The number of hydrogen-bond acceptors (Lipinski definition) is 3. The molecule has 2 fully saturated rings. The van der Waals surface area contributed by atoms with E-state index in [-0.39, 0.29) is 23.9 Å². The minimum Gasteiger partial charge on any atom is -0.342 e. The van der Waals surface area contributed by atoms with E-state index in [4.69, 9.17) is 0 Å². The number of fused-ring (bicyclic) bond motifs is 1. The van der Waals surface area contributed by atoms with Crippen molar-refractivity contribution in [1.82, 2.24) is 15.5 Å². The molecule has 0 unspecified atom stereocenters. The Kier molecular flexibility index (Phi) is 5.68. The normalized spacial score (nSPS) is 24.6. The summed E-state index contributed by atoms with van der Waals surface area (Å²) in [4.78, 5) is 39.0. The number of benzene rings is 1. The molecule has 0 radical (unpaired) electrons. The molecule has 0 aromatic heterocycles. The maximum atomic E-state index is 12.7.